The van der Waals surface area contributed by atoms with Crippen molar-refractivity contribution >= 4 is 27.8 Å². The lowest BCUT2D eigenvalue weighted by molar-refractivity contribution is -0.908. The second kappa shape index (κ2) is 16.4. The van der Waals surface area contributed by atoms with Gasteiger partial charge in [0.25, 0.3) is 10.1 Å². The van der Waals surface area contributed by atoms with Crippen LogP contribution in [0.25, 0.3) is 0 Å². The third kappa shape index (κ3) is 18.3. The molecule has 0 aromatic carbocycles. The second-order valence-electron chi connectivity index (χ2n) is 13.5. The number of halogens is 2. The molecule has 3 unspecified atom stereocenters. The van der Waals surface area contributed by atoms with Crippen molar-refractivity contribution in [1.82, 2.24) is 10.6 Å². The van der Waals surface area contributed by atoms with Crippen molar-refractivity contribution in [2.24, 2.45) is 23.0 Å². The number of quaternary nitrogens is 2. The highest BCUT2D eigenvalue weighted by Crippen LogP contribution is 2.31. The highest BCUT2D eigenvalue weighted by atomic mass is 35.5. The first kappa shape index (κ1) is 43.2. The summed E-state index contributed by atoms with van der Waals surface area (Å²) in [5.74, 6) is -3.50. The fourth-order valence-electron chi connectivity index (χ4n) is 4.60. The van der Waals surface area contributed by atoms with Gasteiger partial charge in [-0.15, -0.1) is 0 Å². The fourth-order valence-corrected chi connectivity index (χ4v) is 5.58. The molecular formula is C25H53Cl2N5O7S. The predicted molar refractivity (Wildman–Crippen MR) is 147 cm³/mol. The monoisotopic (exact) mass is 637 g/mol. The van der Waals surface area contributed by atoms with Crippen LogP contribution in [0.5, 0.6) is 0 Å². The van der Waals surface area contributed by atoms with Gasteiger partial charge in [0.05, 0.1) is 46.5 Å². The number of amides is 3. The molecule has 0 rings (SSSR count). The third-order valence-electron chi connectivity index (χ3n) is 6.34. The summed E-state index contributed by atoms with van der Waals surface area (Å²) < 4.78 is 33.0. The number of hydrogen-bond acceptors (Lipinski definition) is 6. The van der Waals surface area contributed by atoms with Crippen molar-refractivity contribution in [3.63, 3.8) is 0 Å². The Morgan fingerprint density at radius 2 is 1.45 bits per heavy atom. The van der Waals surface area contributed by atoms with Gasteiger partial charge < -0.3 is 55.3 Å². The maximum absolute atomic E-state index is 13.3. The van der Waals surface area contributed by atoms with E-state index in [2.05, 4.69) is 10.6 Å². The van der Waals surface area contributed by atoms with Crippen LogP contribution in [-0.2, 0) is 24.5 Å². The molecule has 0 spiro atoms. The van der Waals surface area contributed by atoms with Crippen LogP contribution < -0.4 is 41.2 Å². The Kier molecular flexibility index (Phi) is 17.8. The average Bonchev–Trinajstić information content (AvgIpc) is 2.64. The van der Waals surface area contributed by atoms with Crippen molar-refractivity contribution in [3.05, 3.63) is 0 Å². The lowest BCUT2D eigenvalue weighted by Gasteiger charge is -2.36. The van der Waals surface area contributed by atoms with Gasteiger partial charge in [-0.2, -0.15) is 8.42 Å². The molecule has 0 bridgehead atoms. The Hall–Kier alpha value is -1.22. The highest BCUT2D eigenvalue weighted by molar-refractivity contribution is 7.85. The normalized spacial score (nSPS) is 15.1. The van der Waals surface area contributed by atoms with E-state index in [4.69, 9.17) is 5.73 Å². The fraction of sp³-hybridized carbons (Fsp3) is 0.880. The number of nitrogens with zero attached hydrogens (tertiary/aromatic N) is 2. The number of carbonyl (C=O) groups excluding carboxylic acids is 3. The maximum Gasteiger partial charge on any atom is 0.267 e. The largest absolute Gasteiger partial charge is 1.00 e. The number of nitrogens with two attached hydrogens (primary N) is 1. The van der Waals surface area contributed by atoms with Crippen LogP contribution in [0, 0.1) is 17.3 Å². The molecule has 0 saturated carbocycles. The summed E-state index contributed by atoms with van der Waals surface area (Å²) in [5.41, 5.74) is 3.22. The van der Waals surface area contributed by atoms with Gasteiger partial charge in [-0.25, -0.2) is 0 Å². The van der Waals surface area contributed by atoms with Gasteiger partial charge in [-0.3, -0.25) is 18.9 Å². The molecule has 0 aliphatic carbocycles. The molecule has 15 heteroatoms. The summed E-state index contributed by atoms with van der Waals surface area (Å²) in [6, 6.07) is 0. The van der Waals surface area contributed by atoms with E-state index >= 15 is 0 Å². The Balaban J connectivity index is -0.00000684. The number of likely N-dealkylation sites (N-methyl/N-ethyl adjacent to an activating group) is 2. The molecule has 3 amide bonds. The summed E-state index contributed by atoms with van der Waals surface area (Å²) in [5, 5.41) is 16.0. The number of nitrogens with one attached hydrogen (secondary N) is 2. The number of aliphatic hydroxyl groups excluding tert-OH is 1. The molecule has 0 radical (unpaired) electrons. The van der Waals surface area contributed by atoms with E-state index in [9.17, 15) is 32.5 Å². The average molecular weight is 639 g/mol. The Labute approximate surface area is 253 Å². The van der Waals surface area contributed by atoms with Crippen LogP contribution in [0.15, 0.2) is 0 Å². The summed E-state index contributed by atoms with van der Waals surface area (Å²) in [4.78, 5) is 38.4. The number of carbonyl (C=O) groups is 3. The topological polar surface area (TPSA) is 176 Å². The van der Waals surface area contributed by atoms with E-state index in [1.165, 1.54) is 13.8 Å². The summed E-state index contributed by atoms with van der Waals surface area (Å²) in [7, 11) is 5.42. The molecule has 0 aromatic heterocycles. The van der Waals surface area contributed by atoms with Gasteiger partial charge >= 0.3 is 0 Å². The molecule has 0 saturated heterocycles. The van der Waals surface area contributed by atoms with Gasteiger partial charge in [-0.05, 0) is 33.1 Å². The van der Waals surface area contributed by atoms with E-state index in [1.54, 1.807) is 20.8 Å². The molecule has 0 aliphatic rings. The van der Waals surface area contributed by atoms with Crippen molar-refractivity contribution in [2.45, 2.75) is 65.5 Å². The zero-order valence-corrected chi connectivity index (χ0v) is 28.1. The molecule has 12 nitrogen and oxygen atoms in total. The zero-order chi connectivity index (χ0) is 30.3. The number of hydrogen-bond donors (Lipinski definition) is 5. The van der Waals surface area contributed by atoms with E-state index < -0.39 is 56.6 Å². The lowest BCUT2D eigenvalue weighted by Crippen LogP contribution is -3.00. The van der Waals surface area contributed by atoms with Crippen LogP contribution >= 0.6 is 0 Å². The molecule has 3 atom stereocenters. The minimum Gasteiger partial charge on any atom is -1.00 e. The Morgan fingerprint density at radius 1 is 0.950 bits per heavy atom. The maximum atomic E-state index is 13.3. The predicted octanol–water partition coefficient (Wildman–Crippen LogP) is -6.07. The summed E-state index contributed by atoms with van der Waals surface area (Å²) in [6.45, 7) is 9.35. The van der Waals surface area contributed by atoms with Crippen LogP contribution in [0.2, 0.25) is 0 Å². The van der Waals surface area contributed by atoms with E-state index in [0.29, 0.717) is 28.5 Å². The Bertz CT molecular complexity index is 938. The summed E-state index contributed by atoms with van der Waals surface area (Å²) in [6.07, 6.45) is 0.0127. The molecule has 6 N–H and O–H groups in total. The number of aliphatic hydroxyl groups is 1. The standard InChI is InChI=1S/C25H51N5O7S.2ClH/c1-11-18(21(26)32)12-19(22(33)28-25(4,5)16-38(35,36)37)13-24(2,3)23(34)27-17-30(9,10)15-20(31)14-29(6,7)8;;/h18-20,31H,11-17H2,1-10H3,(H3-2,26,27,28,32,33,34,35,36,37);2*1H. The minimum absolute atomic E-state index is 0. The summed E-state index contributed by atoms with van der Waals surface area (Å²) >= 11 is 0. The quantitative estimate of drug-likeness (QED) is 0.0599. The van der Waals surface area contributed by atoms with Crippen molar-refractivity contribution in [3.8, 4) is 0 Å². The van der Waals surface area contributed by atoms with Crippen LogP contribution in [0.3, 0.4) is 0 Å². The van der Waals surface area contributed by atoms with E-state index in [1.807, 2.05) is 35.2 Å². The van der Waals surface area contributed by atoms with Gasteiger partial charge in [0, 0.05) is 17.3 Å². The molecule has 0 aliphatic heterocycles. The lowest BCUT2D eigenvalue weighted by atomic mass is 9.77. The molecule has 0 aromatic rings. The van der Waals surface area contributed by atoms with Gasteiger partial charge in [0.1, 0.15) is 13.1 Å². The molecule has 240 valence electrons. The zero-order valence-electron chi connectivity index (χ0n) is 25.8. The van der Waals surface area contributed by atoms with Crippen molar-refractivity contribution in [1.29, 1.82) is 0 Å². The minimum atomic E-state index is -4.36. The third-order valence-corrected chi connectivity index (χ3v) is 7.43. The van der Waals surface area contributed by atoms with Crippen LogP contribution in [0.4, 0.5) is 0 Å². The van der Waals surface area contributed by atoms with E-state index in [-0.39, 0.29) is 50.2 Å². The van der Waals surface area contributed by atoms with Crippen LogP contribution in [0.1, 0.15) is 53.9 Å². The van der Waals surface area contributed by atoms with Crippen LogP contribution in [-0.4, -0.2) is 117 Å². The first-order valence-corrected chi connectivity index (χ1v) is 14.6. The van der Waals surface area contributed by atoms with Gasteiger partial charge in [0.15, 0.2) is 12.8 Å². The van der Waals surface area contributed by atoms with Crippen molar-refractivity contribution in [2.75, 3.05) is 60.7 Å². The highest BCUT2D eigenvalue weighted by Gasteiger charge is 2.38. The number of rotatable bonds is 17. The Morgan fingerprint density at radius 3 is 1.85 bits per heavy atom. The second-order valence-corrected chi connectivity index (χ2v) is 15.0. The smallest absolute Gasteiger partial charge is 0.267 e. The molecule has 40 heavy (non-hydrogen) atoms. The van der Waals surface area contributed by atoms with Crippen molar-refractivity contribution < 1.29 is 66.2 Å². The SMILES string of the molecule is CCC(CC(CC(C)(C)C(=O)NC[N+](C)(C)CC(O)C[N+](C)(C)C)C(=O)NC(C)(C)CS(=O)(=O)O)C(N)=O.[Cl-].[Cl-]. The molecule has 0 fully saturated rings. The first-order chi connectivity index (χ1) is 16.8. The molecule has 0 heterocycles. The van der Waals surface area contributed by atoms with Gasteiger partial charge in [-0.1, -0.05) is 20.8 Å². The van der Waals surface area contributed by atoms with E-state index in [0.717, 1.165) is 0 Å². The van der Waals surface area contributed by atoms with Gasteiger partial charge in [0.2, 0.25) is 17.7 Å². The first-order valence-electron chi connectivity index (χ1n) is 12.9. The molecular weight excluding hydrogens is 585 g/mol. The number of primary amides is 1.